The Morgan fingerprint density at radius 1 is 1.29 bits per heavy atom. The molecule has 0 unspecified atom stereocenters. The maximum atomic E-state index is 12.1. The fourth-order valence-corrected chi connectivity index (χ4v) is 3.72. The second-order valence-corrected chi connectivity index (χ2v) is 6.20. The first kappa shape index (κ1) is 14.8. The van der Waals surface area contributed by atoms with E-state index in [0.29, 0.717) is 18.8 Å². The van der Waals surface area contributed by atoms with E-state index in [4.69, 9.17) is 9.73 Å². The van der Waals surface area contributed by atoms with Gasteiger partial charge in [0.05, 0.1) is 24.6 Å². The van der Waals surface area contributed by atoms with Gasteiger partial charge < -0.3 is 4.74 Å². The Hall–Kier alpha value is -2.73. The van der Waals surface area contributed by atoms with Gasteiger partial charge in [0, 0.05) is 11.1 Å². The maximum absolute atomic E-state index is 12.1. The molecule has 0 saturated carbocycles. The molecule has 1 aliphatic heterocycles. The standard InChI is InChI=1S/C18H15N3O2S/c1-2-23-18(22)16-14-10-19-15(12-6-4-3-5-7-12)13-8-9-24-17(13)21(14)11-20-16/h3-9,11H,2,10H2,1H3. The minimum Gasteiger partial charge on any atom is -0.461 e. The van der Waals surface area contributed by atoms with Gasteiger partial charge in [-0.25, -0.2) is 9.78 Å². The van der Waals surface area contributed by atoms with Crippen molar-refractivity contribution in [1.82, 2.24) is 9.55 Å². The molecule has 5 nitrogen and oxygen atoms in total. The van der Waals surface area contributed by atoms with Crippen molar-refractivity contribution in [2.24, 2.45) is 4.99 Å². The minimum absolute atomic E-state index is 0.327. The molecule has 6 heteroatoms. The van der Waals surface area contributed by atoms with E-state index in [0.717, 1.165) is 27.5 Å². The molecule has 0 saturated heterocycles. The largest absolute Gasteiger partial charge is 0.461 e. The van der Waals surface area contributed by atoms with Gasteiger partial charge >= 0.3 is 5.97 Å². The minimum atomic E-state index is -0.400. The number of fused-ring (bicyclic) bond motifs is 3. The molecule has 3 aromatic rings. The van der Waals surface area contributed by atoms with Crippen LogP contribution in [0.1, 0.15) is 34.2 Å². The van der Waals surface area contributed by atoms with Gasteiger partial charge in [0.1, 0.15) is 11.3 Å². The van der Waals surface area contributed by atoms with E-state index in [1.165, 1.54) is 0 Å². The molecule has 1 aliphatic rings. The Morgan fingerprint density at radius 2 is 2.12 bits per heavy atom. The van der Waals surface area contributed by atoms with Crippen molar-refractivity contribution in [2.75, 3.05) is 6.61 Å². The van der Waals surface area contributed by atoms with E-state index >= 15 is 0 Å². The normalized spacial score (nSPS) is 12.8. The second-order valence-electron chi connectivity index (χ2n) is 5.30. The zero-order chi connectivity index (χ0) is 16.5. The van der Waals surface area contributed by atoms with Crippen LogP contribution in [0.15, 0.2) is 53.1 Å². The van der Waals surface area contributed by atoms with Crippen molar-refractivity contribution >= 4 is 23.0 Å². The molecule has 0 radical (unpaired) electrons. The Morgan fingerprint density at radius 3 is 2.92 bits per heavy atom. The number of aromatic nitrogens is 2. The van der Waals surface area contributed by atoms with Crippen molar-refractivity contribution in [3.8, 4) is 5.00 Å². The average Bonchev–Trinajstić information content (AvgIpc) is 3.21. The van der Waals surface area contributed by atoms with E-state index in [2.05, 4.69) is 11.1 Å². The first-order valence-electron chi connectivity index (χ1n) is 7.71. The number of hydrogen-bond donors (Lipinski definition) is 0. The van der Waals surface area contributed by atoms with Crippen molar-refractivity contribution < 1.29 is 9.53 Å². The molecule has 0 atom stereocenters. The summed E-state index contributed by atoms with van der Waals surface area (Å²) in [5.41, 5.74) is 4.16. The molecular formula is C18H15N3O2S. The SMILES string of the molecule is CCOC(=O)c1ncn2c1CN=C(c1ccccc1)c1ccsc1-2. The third kappa shape index (κ3) is 2.35. The van der Waals surface area contributed by atoms with Crippen LogP contribution < -0.4 is 0 Å². The highest BCUT2D eigenvalue weighted by Crippen LogP contribution is 2.30. The molecule has 2 aromatic heterocycles. The van der Waals surface area contributed by atoms with Crippen molar-refractivity contribution in [3.63, 3.8) is 0 Å². The number of carbonyl (C=O) groups excluding carboxylic acids is 1. The Balaban J connectivity index is 1.86. The highest BCUT2D eigenvalue weighted by atomic mass is 32.1. The molecule has 120 valence electrons. The zero-order valence-electron chi connectivity index (χ0n) is 13.1. The average molecular weight is 337 g/mol. The first-order valence-corrected chi connectivity index (χ1v) is 8.59. The van der Waals surface area contributed by atoms with Gasteiger partial charge in [-0.05, 0) is 18.4 Å². The highest BCUT2D eigenvalue weighted by Gasteiger charge is 2.25. The van der Waals surface area contributed by atoms with E-state index in [-0.39, 0.29) is 0 Å². The number of aliphatic imine (C=N–C) groups is 1. The van der Waals surface area contributed by atoms with Crippen LogP contribution in [0.3, 0.4) is 0 Å². The molecule has 0 spiro atoms. The number of esters is 1. The summed E-state index contributed by atoms with van der Waals surface area (Å²) in [5, 5.41) is 3.05. The summed E-state index contributed by atoms with van der Waals surface area (Å²) in [6.45, 7) is 2.50. The summed E-state index contributed by atoms with van der Waals surface area (Å²) in [4.78, 5) is 21.2. The summed E-state index contributed by atoms with van der Waals surface area (Å²) in [7, 11) is 0. The molecule has 0 bridgehead atoms. The number of benzene rings is 1. The Bertz CT molecular complexity index is 925. The summed E-state index contributed by atoms with van der Waals surface area (Å²) in [5.74, 6) is -0.400. The third-order valence-corrected chi connectivity index (χ3v) is 4.80. The molecule has 3 heterocycles. The Kier molecular flexibility index (Phi) is 3.74. The topological polar surface area (TPSA) is 56.5 Å². The second kappa shape index (κ2) is 6.05. The zero-order valence-corrected chi connectivity index (χ0v) is 13.9. The number of hydrogen-bond acceptors (Lipinski definition) is 5. The van der Waals surface area contributed by atoms with Crippen LogP contribution in [-0.2, 0) is 11.3 Å². The van der Waals surface area contributed by atoms with E-state index in [1.54, 1.807) is 24.6 Å². The monoisotopic (exact) mass is 337 g/mol. The van der Waals surface area contributed by atoms with Crippen LogP contribution >= 0.6 is 11.3 Å². The van der Waals surface area contributed by atoms with E-state index < -0.39 is 5.97 Å². The highest BCUT2D eigenvalue weighted by molar-refractivity contribution is 7.13. The van der Waals surface area contributed by atoms with Crippen molar-refractivity contribution in [2.45, 2.75) is 13.5 Å². The smallest absolute Gasteiger partial charge is 0.358 e. The van der Waals surface area contributed by atoms with E-state index in [1.807, 2.05) is 40.3 Å². The lowest BCUT2D eigenvalue weighted by Crippen LogP contribution is -2.09. The van der Waals surface area contributed by atoms with Crippen LogP contribution in [0.4, 0.5) is 0 Å². The molecule has 0 N–H and O–H groups in total. The molecule has 4 rings (SSSR count). The number of imidazole rings is 1. The molecule has 0 amide bonds. The van der Waals surface area contributed by atoms with Gasteiger partial charge in [0.25, 0.3) is 0 Å². The molecule has 0 fully saturated rings. The quantitative estimate of drug-likeness (QED) is 0.688. The first-order chi connectivity index (χ1) is 11.8. The third-order valence-electron chi connectivity index (χ3n) is 3.89. The summed E-state index contributed by atoms with van der Waals surface area (Å²) >= 11 is 1.61. The van der Waals surface area contributed by atoms with Crippen molar-refractivity contribution in [1.29, 1.82) is 0 Å². The number of nitrogens with zero attached hydrogens (tertiary/aromatic N) is 3. The fourth-order valence-electron chi connectivity index (χ4n) is 2.82. The molecular weight excluding hydrogens is 322 g/mol. The van der Waals surface area contributed by atoms with Crippen LogP contribution in [0.5, 0.6) is 0 Å². The lowest BCUT2D eigenvalue weighted by molar-refractivity contribution is 0.0518. The van der Waals surface area contributed by atoms with E-state index in [9.17, 15) is 4.79 Å². The molecule has 0 aliphatic carbocycles. The van der Waals surface area contributed by atoms with Gasteiger partial charge in [0.15, 0.2) is 5.69 Å². The predicted molar refractivity (Wildman–Crippen MR) is 93.2 cm³/mol. The predicted octanol–water partition coefficient (Wildman–Crippen LogP) is 3.46. The maximum Gasteiger partial charge on any atom is 0.358 e. The lowest BCUT2D eigenvalue weighted by atomic mass is 10.0. The van der Waals surface area contributed by atoms with Gasteiger partial charge in [-0.3, -0.25) is 9.56 Å². The number of rotatable bonds is 3. The van der Waals surface area contributed by atoms with Crippen LogP contribution in [0, 0.1) is 0 Å². The fraction of sp³-hybridized carbons (Fsp3) is 0.167. The molecule has 24 heavy (non-hydrogen) atoms. The Labute approximate surface area is 143 Å². The molecule has 1 aromatic carbocycles. The summed E-state index contributed by atoms with van der Waals surface area (Å²) in [6.07, 6.45) is 1.68. The van der Waals surface area contributed by atoms with Gasteiger partial charge in [-0.2, -0.15) is 0 Å². The van der Waals surface area contributed by atoms with Crippen LogP contribution in [-0.4, -0.2) is 27.8 Å². The van der Waals surface area contributed by atoms with Crippen molar-refractivity contribution in [3.05, 3.63) is 70.6 Å². The van der Waals surface area contributed by atoms with Crippen LogP contribution in [0.2, 0.25) is 0 Å². The van der Waals surface area contributed by atoms with Gasteiger partial charge in [-0.15, -0.1) is 11.3 Å². The van der Waals surface area contributed by atoms with Gasteiger partial charge in [-0.1, -0.05) is 30.3 Å². The summed E-state index contributed by atoms with van der Waals surface area (Å²) in [6, 6.07) is 12.1. The number of ether oxygens (including phenoxy) is 1. The summed E-state index contributed by atoms with van der Waals surface area (Å²) < 4.78 is 7.06. The number of carbonyl (C=O) groups is 1. The van der Waals surface area contributed by atoms with Gasteiger partial charge in [0.2, 0.25) is 0 Å². The van der Waals surface area contributed by atoms with Crippen LogP contribution in [0.25, 0.3) is 5.00 Å². The number of thiophene rings is 1. The lowest BCUT2D eigenvalue weighted by Gasteiger charge is -2.06.